The molecule has 84 valence electrons. The Morgan fingerprint density at radius 2 is 2.25 bits per heavy atom. The van der Waals surface area contributed by atoms with Crippen LogP contribution in [0.1, 0.15) is 19.4 Å². The summed E-state index contributed by atoms with van der Waals surface area (Å²) in [7, 11) is 0. The van der Waals surface area contributed by atoms with Gasteiger partial charge in [-0.3, -0.25) is 0 Å². The Hall–Kier alpha value is -1.82. The highest BCUT2D eigenvalue weighted by atomic mass is 19.1. The lowest BCUT2D eigenvalue weighted by atomic mass is 10.1. The number of nitriles is 1. The van der Waals surface area contributed by atoms with Crippen LogP contribution < -0.4 is 4.90 Å². The molecule has 1 aromatic rings. The molecule has 0 saturated carbocycles. The van der Waals surface area contributed by atoms with E-state index < -0.39 is 0 Å². The summed E-state index contributed by atoms with van der Waals surface area (Å²) in [5.74, 6) is -0.366. The van der Waals surface area contributed by atoms with E-state index in [0.29, 0.717) is 17.8 Å². The summed E-state index contributed by atoms with van der Waals surface area (Å²) in [4.78, 5) is 1.89. The first kappa shape index (κ1) is 12.3. The molecule has 0 aliphatic carbocycles. The number of benzene rings is 1. The number of hydrogen-bond donors (Lipinski definition) is 0. The van der Waals surface area contributed by atoms with Crippen LogP contribution in [0.5, 0.6) is 0 Å². The molecule has 3 heteroatoms. The molecule has 0 unspecified atom stereocenters. The topological polar surface area (TPSA) is 27.0 Å². The fraction of sp³-hybridized carbons (Fsp3) is 0.308. The summed E-state index contributed by atoms with van der Waals surface area (Å²) in [6.07, 6.45) is 1.73. The molecule has 0 saturated heterocycles. The Kier molecular flexibility index (Phi) is 4.07. The van der Waals surface area contributed by atoms with E-state index in [9.17, 15) is 4.39 Å². The zero-order chi connectivity index (χ0) is 12.1. The maximum absolute atomic E-state index is 13.7. The lowest BCUT2D eigenvalue weighted by Gasteiger charge is -2.28. The van der Waals surface area contributed by atoms with Crippen LogP contribution in [0.25, 0.3) is 0 Å². The molecule has 0 bridgehead atoms. The Balaban J connectivity index is 3.10. The predicted octanol–water partition coefficient (Wildman–Crippen LogP) is 3.10. The molecule has 0 fully saturated rings. The third-order valence-electron chi connectivity index (χ3n) is 2.34. The van der Waals surface area contributed by atoms with Gasteiger partial charge >= 0.3 is 0 Å². The highest BCUT2D eigenvalue weighted by Gasteiger charge is 2.13. The summed E-state index contributed by atoms with van der Waals surface area (Å²) < 4.78 is 13.7. The van der Waals surface area contributed by atoms with E-state index in [1.807, 2.05) is 24.8 Å². The van der Waals surface area contributed by atoms with E-state index in [0.717, 1.165) is 0 Å². The molecule has 0 aliphatic rings. The van der Waals surface area contributed by atoms with Crippen molar-refractivity contribution in [1.29, 1.82) is 5.26 Å². The van der Waals surface area contributed by atoms with Crippen molar-refractivity contribution >= 4 is 5.69 Å². The molecule has 16 heavy (non-hydrogen) atoms. The molecule has 1 rings (SSSR count). The van der Waals surface area contributed by atoms with Gasteiger partial charge in [0.05, 0.1) is 17.3 Å². The van der Waals surface area contributed by atoms with Crippen LogP contribution in [0, 0.1) is 17.1 Å². The van der Waals surface area contributed by atoms with Gasteiger partial charge in [-0.25, -0.2) is 4.39 Å². The second-order valence-electron chi connectivity index (χ2n) is 3.81. The number of halogens is 1. The summed E-state index contributed by atoms with van der Waals surface area (Å²) >= 11 is 0. The third-order valence-corrected chi connectivity index (χ3v) is 2.34. The number of anilines is 1. The number of nitrogens with zero attached hydrogens (tertiary/aromatic N) is 2. The number of rotatable bonds is 4. The van der Waals surface area contributed by atoms with Crippen molar-refractivity contribution in [3.8, 4) is 6.07 Å². The summed E-state index contributed by atoms with van der Waals surface area (Å²) in [6.45, 7) is 8.21. The smallest absolute Gasteiger partial charge is 0.147 e. The fourth-order valence-electron chi connectivity index (χ4n) is 1.54. The minimum Gasteiger partial charge on any atom is -0.363 e. The first-order chi connectivity index (χ1) is 7.60. The molecule has 0 aromatic heterocycles. The summed E-state index contributed by atoms with van der Waals surface area (Å²) in [6, 6.07) is 6.61. The second-order valence-corrected chi connectivity index (χ2v) is 3.81. The molecule has 0 heterocycles. The number of hydrogen-bond acceptors (Lipinski definition) is 2. The maximum atomic E-state index is 13.7. The second kappa shape index (κ2) is 5.32. The average Bonchev–Trinajstić information content (AvgIpc) is 2.26. The van der Waals surface area contributed by atoms with Crippen LogP contribution in [-0.4, -0.2) is 12.6 Å². The van der Waals surface area contributed by atoms with E-state index in [4.69, 9.17) is 5.26 Å². The van der Waals surface area contributed by atoms with Gasteiger partial charge in [-0.1, -0.05) is 6.08 Å². The van der Waals surface area contributed by atoms with Crippen LogP contribution in [0.3, 0.4) is 0 Å². The van der Waals surface area contributed by atoms with Crippen molar-refractivity contribution in [2.24, 2.45) is 0 Å². The SMILES string of the molecule is C=CCN(c1ccc(C#N)cc1F)C(C)C. The first-order valence-electron chi connectivity index (χ1n) is 5.17. The quantitative estimate of drug-likeness (QED) is 0.726. The van der Waals surface area contributed by atoms with Crippen molar-refractivity contribution in [3.05, 3.63) is 42.2 Å². The standard InChI is InChI=1S/C13H15FN2/c1-4-7-16(10(2)3)13-6-5-11(9-15)8-12(13)14/h4-6,8,10H,1,7H2,2-3H3. The molecule has 0 aliphatic heterocycles. The van der Waals surface area contributed by atoms with Crippen LogP contribution in [0.15, 0.2) is 30.9 Å². The van der Waals surface area contributed by atoms with Gasteiger partial charge in [0.1, 0.15) is 5.82 Å². The van der Waals surface area contributed by atoms with E-state index in [-0.39, 0.29) is 11.9 Å². The Morgan fingerprint density at radius 1 is 1.56 bits per heavy atom. The van der Waals surface area contributed by atoms with Crippen molar-refractivity contribution in [1.82, 2.24) is 0 Å². The van der Waals surface area contributed by atoms with E-state index in [1.165, 1.54) is 6.07 Å². The van der Waals surface area contributed by atoms with Gasteiger partial charge in [-0.05, 0) is 32.0 Å². The van der Waals surface area contributed by atoms with E-state index in [2.05, 4.69) is 6.58 Å². The highest BCUT2D eigenvalue weighted by molar-refractivity contribution is 5.52. The van der Waals surface area contributed by atoms with Crippen molar-refractivity contribution in [2.75, 3.05) is 11.4 Å². The Bertz CT molecular complexity index is 418. The minimum atomic E-state index is -0.366. The fourth-order valence-corrected chi connectivity index (χ4v) is 1.54. The van der Waals surface area contributed by atoms with Crippen LogP contribution >= 0.6 is 0 Å². The molecule has 0 radical (unpaired) electrons. The Morgan fingerprint density at radius 3 is 2.69 bits per heavy atom. The molecule has 1 aromatic carbocycles. The lowest BCUT2D eigenvalue weighted by molar-refractivity contribution is 0.608. The molecular weight excluding hydrogens is 203 g/mol. The Labute approximate surface area is 95.6 Å². The van der Waals surface area contributed by atoms with Crippen molar-refractivity contribution in [3.63, 3.8) is 0 Å². The highest BCUT2D eigenvalue weighted by Crippen LogP contribution is 2.22. The molecule has 2 nitrogen and oxygen atoms in total. The maximum Gasteiger partial charge on any atom is 0.147 e. The average molecular weight is 218 g/mol. The van der Waals surface area contributed by atoms with Gasteiger partial charge in [0.15, 0.2) is 0 Å². The first-order valence-corrected chi connectivity index (χ1v) is 5.17. The zero-order valence-corrected chi connectivity index (χ0v) is 9.57. The molecule has 0 spiro atoms. The van der Waals surface area contributed by atoms with Gasteiger partial charge in [0.25, 0.3) is 0 Å². The minimum absolute atomic E-state index is 0.181. The zero-order valence-electron chi connectivity index (χ0n) is 9.57. The lowest BCUT2D eigenvalue weighted by Crippen LogP contribution is -2.31. The molecule has 0 N–H and O–H groups in total. The van der Waals surface area contributed by atoms with Crippen LogP contribution in [-0.2, 0) is 0 Å². The van der Waals surface area contributed by atoms with Crippen molar-refractivity contribution < 1.29 is 4.39 Å². The van der Waals surface area contributed by atoms with Crippen LogP contribution in [0.2, 0.25) is 0 Å². The van der Waals surface area contributed by atoms with Crippen LogP contribution in [0.4, 0.5) is 10.1 Å². The molecule has 0 amide bonds. The normalized spacial score (nSPS) is 9.94. The van der Waals surface area contributed by atoms with E-state index >= 15 is 0 Å². The predicted molar refractivity (Wildman–Crippen MR) is 63.8 cm³/mol. The summed E-state index contributed by atoms with van der Waals surface area (Å²) in [5.41, 5.74) is 0.845. The van der Waals surface area contributed by atoms with Gasteiger partial charge < -0.3 is 4.90 Å². The monoisotopic (exact) mass is 218 g/mol. The third kappa shape index (κ3) is 2.60. The molecular formula is C13H15FN2. The van der Waals surface area contributed by atoms with Gasteiger partial charge in [-0.2, -0.15) is 5.26 Å². The van der Waals surface area contributed by atoms with Crippen molar-refractivity contribution in [2.45, 2.75) is 19.9 Å². The van der Waals surface area contributed by atoms with Gasteiger partial charge in [0, 0.05) is 12.6 Å². The van der Waals surface area contributed by atoms with Gasteiger partial charge in [-0.15, -0.1) is 6.58 Å². The van der Waals surface area contributed by atoms with Gasteiger partial charge in [0.2, 0.25) is 0 Å². The summed E-state index contributed by atoms with van der Waals surface area (Å²) in [5, 5.41) is 8.66. The largest absolute Gasteiger partial charge is 0.363 e. The molecule has 0 atom stereocenters. The van der Waals surface area contributed by atoms with E-state index in [1.54, 1.807) is 18.2 Å².